The fourth-order valence-corrected chi connectivity index (χ4v) is 3.01. The molecule has 0 aromatic rings. The van der Waals surface area contributed by atoms with E-state index in [0.717, 1.165) is 30.0 Å². The summed E-state index contributed by atoms with van der Waals surface area (Å²) in [6.07, 6.45) is 7.14. The lowest BCUT2D eigenvalue weighted by Gasteiger charge is -2.18. The van der Waals surface area contributed by atoms with Crippen LogP contribution in [0.25, 0.3) is 0 Å². The van der Waals surface area contributed by atoms with E-state index >= 15 is 0 Å². The molecule has 0 amide bonds. The van der Waals surface area contributed by atoms with Gasteiger partial charge in [-0.1, -0.05) is 25.8 Å². The Bertz CT molecular complexity index is 355. The van der Waals surface area contributed by atoms with E-state index in [1.165, 1.54) is 17.7 Å². The number of aliphatic imine (C=N–C) groups is 1. The third-order valence-corrected chi connectivity index (χ3v) is 3.77. The lowest BCUT2D eigenvalue weighted by molar-refractivity contribution is -0.113. The Morgan fingerprint density at radius 1 is 1.53 bits per heavy atom. The van der Waals surface area contributed by atoms with Crippen LogP contribution >= 0.6 is 11.8 Å². The predicted molar refractivity (Wildman–Crippen MR) is 76.6 cm³/mol. The Kier molecular flexibility index (Phi) is 6.27. The smallest absolute Gasteiger partial charge is 0.162 e. The molecule has 0 fully saturated rings. The minimum absolute atomic E-state index is 0.143. The second kappa shape index (κ2) is 7.49. The average Bonchev–Trinajstić information content (AvgIpc) is 2.29. The SMILES string of the molecule is C=CCC1=NCSC(CCCCC)=C1C(C)=O. The molecule has 2 nitrogen and oxygen atoms in total. The number of hydrogen-bond donors (Lipinski definition) is 0. The van der Waals surface area contributed by atoms with Gasteiger partial charge in [0, 0.05) is 12.0 Å². The van der Waals surface area contributed by atoms with Gasteiger partial charge in [0.05, 0.1) is 11.6 Å². The van der Waals surface area contributed by atoms with E-state index in [4.69, 9.17) is 0 Å². The van der Waals surface area contributed by atoms with Gasteiger partial charge < -0.3 is 0 Å². The van der Waals surface area contributed by atoms with Gasteiger partial charge in [0.15, 0.2) is 5.78 Å². The van der Waals surface area contributed by atoms with Crippen LogP contribution < -0.4 is 0 Å². The van der Waals surface area contributed by atoms with E-state index < -0.39 is 0 Å². The molecule has 0 aromatic heterocycles. The van der Waals surface area contributed by atoms with Crippen LogP contribution in [-0.2, 0) is 4.79 Å². The molecule has 3 heteroatoms. The van der Waals surface area contributed by atoms with Crippen LogP contribution in [0.1, 0.15) is 46.0 Å². The predicted octanol–water partition coefficient (Wildman–Crippen LogP) is 4.13. The van der Waals surface area contributed by atoms with Crippen molar-refractivity contribution in [3.8, 4) is 0 Å². The van der Waals surface area contributed by atoms with Gasteiger partial charge in [-0.05, 0) is 24.7 Å². The summed E-state index contributed by atoms with van der Waals surface area (Å²) in [5, 5.41) is 0. The molecule has 1 aliphatic rings. The maximum Gasteiger partial charge on any atom is 0.162 e. The molecule has 0 radical (unpaired) electrons. The van der Waals surface area contributed by atoms with Crippen molar-refractivity contribution in [2.24, 2.45) is 4.99 Å². The molecule has 0 saturated carbocycles. The Labute approximate surface area is 108 Å². The van der Waals surface area contributed by atoms with Gasteiger partial charge in [-0.25, -0.2) is 0 Å². The molecule has 0 saturated heterocycles. The zero-order valence-electron chi connectivity index (χ0n) is 10.8. The summed E-state index contributed by atoms with van der Waals surface area (Å²) in [4.78, 5) is 17.4. The van der Waals surface area contributed by atoms with Crippen molar-refractivity contribution < 1.29 is 4.79 Å². The van der Waals surface area contributed by atoms with Crippen LogP contribution in [0.15, 0.2) is 28.1 Å². The first kappa shape index (κ1) is 14.2. The van der Waals surface area contributed by atoms with Gasteiger partial charge in [-0.3, -0.25) is 9.79 Å². The molecule has 1 rings (SSSR count). The number of carbonyl (C=O) groups is 1. The fraction of sp³-hybridized carbons (Fsp3) is 0.571. The molecular formula is C14H21NOS. The molecule has 1 heterocycles. The van der Waals surface area contributed by atoms with Crippen molar-refractivity contribution >= 4 is 23.3 Å². The standard InChI is InChI=1S/C14H21NOS/c1-4-6-7-9-13-14(11(3)16)12(8-5-2)15-10-17-13/h5H,2,4,6-10H2,1,3H3. The summed E-state index contributed by atoms with van der Waals surface area (Å²) in [6, 6.07) is 0. The number of Topliss-reactive ketones (excluding diaryl/α,β-unsaturated/α-hetero) is 1. The van der Waals surface area contributed by atoms with Crippen molar-refractivity contribution in [1.82, 2.24) is 0 Å². The van der Waals surface area contributed by atoms with E-state index in [1.54, 1.807) is 18.7 Å². The second-order valence-electron chi connectivity index (χ2n) is 4.18. The highest BCUT2D eigenvalue weighted by Gasteiger charge is 2.20. The van der Waals surface area contributed by atoms with Crippen LogP contribution in [0.4, 0.5) is 0 Å². The quantitative estimate of drug-likeness (QED) is 0.503. The average molecular weight is 251 g/mol. The number of rotatable bonds is 7. The topological polar surface area (TPSA) is 29.4 Å². The highest BCUT2D eigenvalue weighted by Crippen LogP contribution is 2.31. The molecule has 0 aromatic carbocycles. The van der Waals surface area contributed by atoms with Crippen LogP contribution in [0.3, 0.4) is 0 Å². The van der Waals surface area contributed by atoms with Gasteiger partial charge in [-0.15, -0.1) is 18.3 Å². The third-order valence-electron chi connectivity index (χ3n) is 2.76. The summed E-state index contributed by atoms with van der Waals surface area (Å²) in [5.74, 6) is 0.894. The molecule has 0 N–H and O–H groups in total. The van der Waals surface area contributed by atoms with Crippen LogP contribution in [0.2, 0.25) is 0 Å². The van der Waals surface area contributed by atoms with Gasteiger partial charge in [0.1, 0.15) is 0 Å². The van der Waals surface area contributed by atoms with Crippen molar-refractivity contribution in [1.29, 1.82) is 0 Å². The first-order chi connectivity index (χ1) is 8.20. The van der Waals surface area contributed by atoms with E-state index in [0.29, 0.717) is 6.42 Å². The summed E-state index contributed by atoms with van der Waals surface area (Å²) >= 11 is 1.72. The fourth-order valence-electron chi connectivity index (χ4n) is 1.94. The summed E-state index contributed by atoms with van der Waals surface area (Å²) in [5.41, 5.74) is 1.79. The molecule has 94 valence electrons. The largest absolute Gasteiger partial charge is 0.294 e. The number of unbranched alkanes of at least 4 members (excludes halogenated alkanes) is 2. The van der Waals surface area contributed by atoms with Gasteiger partial charge in [-0.2, -0.15) is 0 Å². The van der Waals surface area contributed by atoms with Gasteiger partial charge in [0.25, 0.3) is 0 Å². The number of thioether (sulfide) groups is 1. The zero-order chi connectivity index (χ0) is 12.7. The molecule has 0 atom stereocenters. The molecule has 0 unspecified atom stereocenters. The Morgan fingerprint density at radius 3 is 2.88 bits per heavy atom. The lowest BCUT2D eigenvalue weighted by Crippen LogP contribution is -2.15. The number of hydrogen-bond acceptors (Lipinski definition) is 3. The number of nitrogens with zero attached hydrogens (tertiary/aromatic N) is 1. The van der Waals surface area contributed by atoms with E-state index in [1.807, 2.05) is 6.08 Å². The minimum atomic E-state index is 0.143. The molecule has 17 heavy (non-hydrogen) atoms. The number of carbonyl (C=O) groups excluding carboxylic acids is 1. The lowest BCUT2D eigenvalue weighted by atomic mass is 10.0. The Hall–Kier alpha value is -0.830. The molecule has 0 bridgehead atoms. The van der Waals surface area contributed by atoms with E-state index in [2.05, 4.69) is 18.5 Å². The Morgan fingerprint density at radius 2 is 2.29 bits per heavy atom. The summed E-state index contributed by atoms with van der Waals surface area (Å²) in [6.45, 7) is 7.56. The normalized spacial score (nSPS) is 15.8. The molecule has 0 aliphatic carbocycles. The first-order valence-corrected chi connectivity index (χ1v) is 7.20. The van der Waals surface area contributed by atoms with Gasteiger partial charge in [0.2, 0.25) is 0 Å². The van der Waals surface area contributed by atoms with Gasteiger partial charge >= 0.3 is 0 Å². The first-order valence-electron chi connectivity index (χ1n) is 6.22. The number of allylic oxidation sites excluding steroid dienone is 3. The summed E-state index contributed by atoms with van der Waals surface area (Å²) in [7, 11) is 0. The molecule has 1 aliphatic heterocycles. The van der Waals surface area contributed by atoms with Crippen LogP contribution in [-0.4, -0.2) is 17.4 Å². The van der Waals surface area contributed by atoms with E-state index in [9.17, 15) is 4.79 Å². The second-order valence-corrected chi connectivity index (χ2v) is 5.22. The maximum atomic E-state index is 11.7. The molecular weight excluding hydrogens is 230 g/mol. The van der Waals surface area contributed by atoms with Crippen molar-refractivity contribution in [2.45, 2.75) is 46.0 Å². The van der Waals surface area contributed by atoms with Crippen molar-refractivity contribution in [3.63, 3.8) is 0 Å². The Balaban J connectivity index is 2.85. The monoisotopic (exact) mass is 251 g/mol. The highest BCUT2D eigenvalue weighted by atomic mass is 32.2. The van der Waals surface area contributed by atoms with Crippen molar-refractivity contribution in [2.75, 3.05) is 5.88 Å². The highest BCUT2D eigenvalue weighted by molar-refractivity contribution is 8.03. The van der Waals surface area contributed by atoms with Crippen LogP contribution in [0.5, 0.6) is 0 Å². The number of ketones is 1. The van der Waals surface area contributed by atoms with E-state index in [-0.39, 0.29) is 5.78 Å². The zero-order valence-corrected chi connectivity index (χ0v) is 11.6. The molecule has 0 spiro atoms. The minimum Gasteiger partial charge on any atom is -0.294 e. The third kappa shape index (κ3) is 4.15. The van der Waals surface area contributed by atoms with Crippen molar-refractivity contribution in [3.05, 3.63) is 23.1 Å². The maximum absolute atomic E-state index is 11.7. The van der Waals surface area contributed by atoms with Crippen LogP contribution in [0, 0.1) is 0 Å². The summed E-state index contributed by atoms with van der Waals surface area (Å²) < 4.78 is 0.